The Morgan fingerprint density at radius 1 is 1.17 bits per heavy atom. The zero-order chi connectivity index (χ0) is 16.4. The second kappa shape index (κ2) is 7.14. The first-order valence-electron chi connectivity index (χ1n) is 8.63. The predicted octanol–water partition coefficient (Wildman–Crippen LogP) is 2.79. The van der Waals surface area contributed by atoms with E-state index < -0.39 is 0 Å². The largest absolute Gasteiger partial charge is 0.343 e. The van der Waals surface area contributed by atoms with Gasteiger partial charge in [0.25, 0.3) is 0 Å². The van der Waals surface area contributed by atoms with Gasteiger partial charge in [-0.2, -0.15) is 0 Å². The number of hydrogen-bond donors (Lipinski definition) is 1. The van der Waals surface area contributed by atoms with Crippen LogP contribution in [0.4, 0.5) is 0 Å². The van der Waals surface area contributed by atoms with Gasteiger partial charge in [0.15, 0.2) is 5.78 Å². The van der Waals surface area contributed by atoms with Crippen LogP contribution in [0.25, 0.3) is 0 Å². The molecule has 0 saturated carbocycles. The van der Waals surface area contributed by atoms with Crippen molar-refractivity contribution in [1.29, 1.82) is 0 Å². The number of nitrogens with zero attached hydrogens (tertiary/aromatic N) is 1. The Kier molecular flexibility index (Phi) is 5.17. The van der Waals surface area contributed by atoms with E-state index in [4.69, 9.17) is 0 Å². The van der Waals surface area contributed by atoms with Crippen LogP contribution in [0.15, 0.2) is 6.07 Å². The van der Waals surface area contributed by atoms with Crippen molar-refractivity contribution in [2.45, 2.75) is 39.5 Å². The molecule has 0 unspecified atom stereocenters. The molecule has 0 bridgehead atoms. The molecule has 1 aromatic heterocycles. The molecular weight excluding hydrogens is 308 g/mol. The number of amides is 1. The molecule has 1 amide bonds. The molecule has 2 aliphatic rings. The van der Waals surface area contributed by atoms with Gasteiger partial charge < -0.3 is 10.2 Å². The fourth-order valence-corrected chi connectivity index (χ4v) is 4.83. The summed E-state index contributed by atoms with van der Waals surface area (Å²) in [6.45, 7) is 7.90. The third kappa shape index (κ3) is 3.83. The normalized spacial score (nSPS) is 24.3. The van der Waals surface area contributed by atoms with E-state index in [0.29, 0.717) is 12.8 Å². The van der Waals surface area contributed by atoms with E-state index in [1.165, 1.54) is 0 Å². The van der Waals surface area contributed by atoms with Gasteiger partial charge in [0, 0.05) is 41.2 Å². The van der Waals surface area contributed by atoms with E-state index >= 15 is 0 Å². The number of aryl methyl sites for hydroxylation is 2. The van der Waals surface area contributed by atoms with Crippen molar-refractivity contribution in [3.8, 4) is 0 Å². The van der Waals surface area contributed by atoms with Crippen LogP contribution in [-0.2, 0) is 4.79 Å². The third-order valence-electron chi connectivity index (χ3n) is 5.28. The Hall–Kier alpha value is -1.20. The summed E-state index contributed by atoms with van der Waals surface area (Å²) in [5.41, 5.74) is 0.803. The van der Waals surface area contributed by atoms with Gasteiger partial charge in [-0.05, 0) is 57.7 Å². The summed E-state index contributed by atoms with van der Waals surface area (Å²) in [4.78, 5) is 29.0. The van der Waals surface area contributed by atoms with Crippen molar-refractivity contribution in [2.24, 2.45) is 11.8 Å². The van der Waals surface area contributed by atoms with Crippen LogP contribution < -0.4 is 5.32 Å². The van der Waals surface area contributed by atoms with Crippen LogP contribution >= 0.6 is 11.3 Å². The highest BCUT2D eigenvalue weighted by atomic mass is 32.1. The summed E-state index contributed by atoms with van der Waals surface area (Å²) >= 11 is 1.65. The van der Waals surface area contributed by atoms with Gasteiger partial charge in [-0.1, -0.05) is 0 Å². The molecule has 126 valence electrons. The Labute approximate surface area is 142 Å². The minimum absolute atomic E-state index is 0.107. The Morgan fingerprint density at radius 3 is 2.39 bits per heavy atom. The average molecular weight is 334 g/mol. The van der Waals surface area contributed by atoms with Crippen molar-refractivity contribution < 1.29 is 9.59 Å². The molecule has 0 aliphatic carbocycles. The second-order valence-corrected chi connectivity index (χ2v) is 8.35. The number of ketones is 1. The van der Waals surface area contributed by atoms with Crippen LogP contribution in [0.3, 0.4) is 0 Å². The molecule has 0 radical (unpaired) electrons. The maximum atomic E-state index is 12.5. The first-order valence-corrected chi connectivity index (χ1v) is 9.45. The molecule has 1 N–H and O–H groups in total. The number of carbonyl (C=O) groups excluding carboxylic acids is 2. The molecule has 23 heavy (non-hydrogen) atoms. The molecule has 0 aromatic carbocycles. The molecular formula is C18H26N2O2S. The van der Waals surface area contributed by atoms with Gasteiger partial charge in [-0.25, -0.2) is 0 Å². The second-order valence-electron chi connectivity index (χ2n) is 6.89. The summed E-state index contributed by atoms with van der Waals surface area (Å²) in [6, 6.07) is 1.95. The molecule has 3 heterocycles. The number of carbonyl (C=O) groups is 2. The number of nitrogens with one attached hydrogen (secondary N) is 1. The quantitative estimate of drug-likeness (QED) is 0.862. The Balaban J connectivity index is 1.51. The molecule has 5 heteroatoms. The van der Waals surface area contributed by atoms with Crippen LogP contribution in [-0.4, -0.2) is 42.8 Å². The standard InChI is InChI=1S/C18H26N2O2S/c1-12-9-16(13(2)23-12)17(21)3-4-18(22)20-7-5-14-10-19-11-15(14)6-8-20/h9,14-15,19H,3-8,10-11H2,1-2H3/t14-,15+. The molecule has 0 spiro atoms. The summed E-state index contributed by atoms with van der Waals surface area (Å²) in [6.07, 6.45) is 2.88. The number of fused-ring (bicyclic) bond motifs is 1. The third-order valence-corrected chi connectivity index (χ3v) is 6.25. The van der Waals surface area contributed by atoms with Crippen LogP contribution in [0.1, 0.15) is 45.8 Å². The van der Waals surface area contributed by atoms with Crippen molar-refractivity contribution in [3.05, 3.63) is 21.4 Å². The number of Topliss-reactive ketones (excluding diaryl/α,β-unsaturated/α-hetero) is 1. The monoisotopic (exact) mass is 334 g/mol. The average Bonchev–Trinajstić information content (AvgIpc) is 3.05. The number of rotatable bonds is 4. The lowest BCUT2D eigenvalue weighted by molar-refractivity contribution is -0.131. The van der Waals surface area contributed by atoms with Crippen LogP contribution in [0, 0.1) is 25.7 Å². The SMILES string of the molecule is Cc1cc(C(=O)CCC(=O)N2CC[C@@H]3CNC[C@@H]3CC2)c(C)s1. The summed E-state index contributed by atoms with van der Waals surface area (Å²) in [5, 5.41) is 3.45. The smallest absolute Gasteiger partial charge is 0.223 e. The van der Waals surface area contributed by atoms with Crippen molar-refractivity contribution in [2.75, 3.05) is 26.2 Å². The fourth-order valence-electron chi connectivity index (χ4n) is 3.89. The van der Waals surface area contributed by atoms with Gasteiger partial charge in [0.1, 0.15) is 0 Å². The molecule has 2 aliphatic heterocycles. The van der Waals surface area contributed by atoms with Crippen LogP contribution in [0.2, 0.25) is 0 Å². The van der Waals surface area contributed by atoms with Gasteiger partial charge in [-0.3, -0.25) is 9.59 Å². The maximum Gasteiger partial charge on any atom is 0.223 e. The fraction of sp³-hybridized carbons (Fsp3) is 0.667. The Bertz CT molecular complexity index is 582. The highest BCUT2D eigenvalue weighted by molar-refractivity contribution is 7.12. The predicted molar refractivity (Wildman–Crippen MR) is 93.0 cm³/mol. The van der Waals surface area contributed by atoms with Crippen molar-refractivity contribution in [3.63, 3.8) is 0 Å². The van der Waals surface area contributed by atoms with E-state index in [-0.39, 0.29) is 11.7 Å². The number of likely N-dealkylation sites (tertiary alicyclic amines) is 1. The molecule has 3 rings (SSSR count). The minimum Gasteiger partial charge on any atom is -0.343 e. The summed E-state index contributed by atoms with van der Waals surface area (Å²) in [5.74, 6) is 1.71. The van der Waals surface area contributed by atoms with Crippen LogP contribution in [0.5, 0.6) is 0 Å². The maximum absolute atomic E-state index is 12.5. The zero-order valence-corrected chi connectivity index (χ0v) is 14.9. The molecule has 2 fully saturated rings. The lowest BCUT2D eigenvalue weighted by atomic mass is 9.92. The molecule has 2 saturated heterocycles. The summed E-state index contributed by atoms with van der Waals surface area (Å²) in [7, 11) is 0. The van der Waals surface area contributed by atoms with Gasteiger partial charge >= 0.3 is 0 Å². The minimum atomic E-state index is 0.107. The van der Waals surface area contributed by atoms with E-state index in [1.54, 1.807) is 11.3 Å². The molecule has 4 nitrogen and oxygen atoms in total. The first-order chi connectivity index (χ1) is 11.0. The van der Waals surface area contributed by atoms with Gasteiger partial charge in [-0.15, -0.1) is 11.3 Å². The van der Waals surface area contributed by atoms with Gasteiger partial charge in [0.05, 0.1) is 0 Å². The molecule has 1 aromatic rings. The zero-order valence-electron chi connectivity index (χ0n) is 14.1. The first kappa shape index (κ1) is 16.7. The Morgan fingerprint density at radius 2 is 1.83 bits per heavy atom. The number of hydrogen-bond acceptors (Lipinski definition) is 4. The highest BCUT2D eigenvalue weighted by Gasteiger charge is 2.31. The molecule has 2 atom stereocenters. The van der Waals surface area contributed by atoms with Crippen molar-refractivity contribution in [1.82, 2.24) is 10.2 Å². The topological polar surface area (TPSA) is 49.4 Å². The van der Waals surface area contributed by atoms with E-state index in [2.05, 4.69) is 5.32 Å². The van der Waals surface area contributed by atoms with Crippen molar-refractivity contribution >= 4 is 23.0 Å². The van der Waals surface area contributed by atoms with Gasteiger partial charge in [0.2, 0.25) is 5.91 Å². The summed E-state index contributed by atoms with van der Waals surface area (Å²) < 4.78 is 0. The lowest BCUT2D eigenvalue weighted by Gasteiger charge is -2.20. The van der Waals surface area contributed by atoms with E-state index in [1.807, 2.05) is 24.8 Å². The number of thiophene rings is 1. The lowest BCUT2D eigenvalue weighted by Crippen LogP contribution is -2.32. The van der Waals surface area contributed by atoms with E-state index in [0.717, 1.165) is 66.2 Å². The van der Waals surface area contributed by atoms with E-state index in [9.17, 15) is 9.59 Å². The highest BCUT2D eigenvalue weighted by Crippen LogP contribution is 2.27.